The van der Waals surface area contributed by atoms with Crippen molar-refractivity contribution < 1.29 is 27.8 Å². The maximum Gasteiger partial charge on any atom is 0.573 e. The molecule has 0 amide bonds. The molecule has 0 aliphatic rings. The summed E-state index contributed by atoms with van der Waals surface area (Å²) in [6.45, 7) is 2.52. The molecule has 0 aliphatic carbocycles. The molecule has 0 bridgehead atoms. The topological polar surface area (TPSA) is 75.1 Å². The van der Waals surface area contributed by atoms with Crippen molar-refractivity contribution in [3.05, 3.63) is 59.7 Å². The number of ether oxygens (including phenoxy) is 2. The van der Waals surface area contributed by atoms with Crippen LogP contribution in [-0.2, 0) is 6.54 Å². The van der Waals surface area contributed by atoms with Crippen LogP contribution in [0.25, 0.3) is 0 Å². The summed E-state index contributed by atoms with van der Waals surface area (Å²) in [6, 6.07) is 12.9. The van der Waals surface area contributed by atoms with Gasteiger partial charge in [-0.3, -0.25) is 0 Å². The van der Waals surface area contributed by atoms with Crippen LogP contribution >= 0.6 is 0 Å². The zero-order chi connectivity index (χ0) is 21.3. The maximum atomic E-state index is 12.5. The second-order valence-electron chi connectivity index (χ2n) is 6.02. The van der Waals surface area contributed by atoms with E-state index < -0.39 is 12.5 Å². The van der Waals surface area contributed by atoms with E-state index in [2.05, 4.69) is 20.4 Å². The molecule has 0 saturated carbocycles. The fourth-order valence-electron chi connectivity index (χ4n) is 2.52. The third-order valence-electron chi connectivity index (χ3n) is 3.89. The lowest BCUT2D eigenvalue weighted by Gasteiger charge is -2.16. The van der Waals surface area contributed by atoms with Crippen molar-refractivity contribution in [3.63, 3.8) is 0 Å². The predicted molar refractivity (Wildman–Crippen MR) is 104 cm³/mol. The number of aliphatic hydroxyl groups excluding tert-OH is 1. The molecular formula is C20H24F3N3O3. The molecule has 1 atom stereocenters. The van der Waals surface area contributed by atoms with Crippen molar-refractivity contribution in [1.82, 2.24) is 10.6 Å². The Morgan fingerprint density at radius 1 is 1.14 bits per heavy atom. The van der Waals surface area contributed by atoms with Crippen molar-refractivity contribution in [2.75, 3.05) is 20.2 Å². The van der Waals surface area contributed by atoms with Crippen LogP contribution < -0.4 is 20.1 Å². The van der Waals surface area contributed by atoms with E-state index in [1.54, 1.807) is 37.4 Å². The highest BCUT2D eigenvalue weighted by molar-refractivity contribution is 5.79. The standard InChI is InChI=1S/C20H24F3N3O3/c1-3-24-19(26-13-17(27)14-8-6-9-16(11-14)28-2)25-12-15-7-4-5-10-18(15)29-20(21,22)23/h4-11,17,27H,3,12-13H2,1-2H3,(H2,24,25,26). The molecule has 2 aromatic carbocycles. The van der Waals surface area contributed by atoms with Crippen molar-refractivity contribution in [3.8, 4) is 11.5 Å². The molecule has 3 N–H and O–H groups in total. The predicted octanol–water partition coefficient (Wildman–Crippen LogP) is 3.38. The van der Waals surface area contributed by atoms with Gasteiger partial charge in [-0.2, -0.15) is 0 Å². The van der Waals surface area contributed by atoms with E-state index in [1.165, 1.54) is 18.2 Å². The maximum absolute atomic E-state index is 12.5. The number of hydrogen-bond acceptors (Lipinski definition) is 4. The summed E-state index contributed by atoms with van der Waals surface area (Å²) < 4.78 is 46.8. The van der Waals surface area contributed by atoms with Crippen LogP contribution in [0.2, 0.25) is 0 Å². The van der Waals surface area contributed by atoms with Crippen molar-refractivity contribution in [2.45, 2.75) is 25.9 Å². The van der Waals surface area contributed by atoms with Crippen LogP contribution in [0.15, 0.2) is 53.5 Å². The quantitative estimate of drug-likeness (QED) is 0.459. The van der Waals surface area contributed by atoms with Crippen molar-refractivity contribution in [1.29, 1.82) is 0 Å². The third kappa shape index (κ3) is 7.53. The van der Waals surface area contributed by atoms with E-state index >= 15 is 0 Å². The van der Waals surface area contributed by atoms with Crippen LogP contribution in [0.1, 0.15) is 24.2 Å². The molecule has 0 aromatic heterocycles. The van der Waals surface area contributed by atoms with Gasteiger partial charge in [-0.05, 0) is 30.7 Å². The molecule has 0 fully saturated rings. The first-order chi connectivity index (χ1) is 13.8. The normalized spacial score (nSPS) is 13.0. The van der Waals surface area contributed by atoms with Gasteiger partial charge in [-0.25, -0.2) is 4.99 Å². The average molecular weight is 411 g/mol. The Morgan fingerprint density at radius 3 is 2.59 bits per heavy atom. The number of rotatable bonds is 8. The Morgan fingerprint density at radius 2 is 1.90 bits per heavy atom. The molecule has 0 spiro atoms. The number of nitrogens with zero attached hydrogens (tertiary/aromatic N) is 1. The van der Waals surface area contributed by atoms with Crippen LogP contribution in [0.5, 0.6) is 11.5 Å². The third-order valence-corrected chi connectivity index (χ3v) is 3.89. The smallest absolute Gasteiger partial charge is 0.497 e. The zero-order valence-electron chi connectivity index (χ0n) is 16.2. The van der Waals surface area contributed by atoms with Crippen molar-refractivity contribution >= 4 is 5.96 Å². The Bertz CT molecular complexity index is 813. The number of para-hydroxylation sites is 1. The first-order valence-corrected chi connectivity index (χ1v) is 9.00. The summed E-state index contributed by atoms with van der Waals surface area (Å²) in [5.41, 5.74) is 0.951. The molecule has 6 nitrogen and oxygen atoms in total. The van der Waals surface area contributed by atoms with Crippen LogP contribution in [0.3, 0.4) is 0 Å². The summed E-state index contributed by atoms with van der Waals surface area (Å²) >= 11 is 0. The lowest BCUT2D eigenvalue weighted by Crippen LogP contribution is -2.39. The fourth-order valence-corrected chi connectivity index (χ4v) is 2.52. The van der Waals surface area contributed by atoms with Gasteiger partial charge in [0, 0.05) is 18.7 Å². The van der Waals surface area contributed by atoms with Crippen LogP contribution in [0, 0.1) is 0 Å². The average Bonchev–Trinajstić information content (AvgIpc) is 2.69. The second kappa shape index (κ2) is 10.6. The molecule has 29 heavy (non-hydrogen) atoms. The molecular weight excluding hydrogens is 387 g/mol. The SMILES string of the molecule is CCNC(=NCc1ccccc1OC(F)(F)F)NCC(O)c1cccc(OC)c1. The number of hydrogen-bond donors (Lipinski definition) is 3. The van der Waals surface area contributed by atoms with E-state index in [4.69, 9.17) is 4.74 Å². The van der Waals surface area contributed by atoms with E-state index in [1.807, 2.05) is 6.92 Å². The highest BCUT2D eigenvalue weighted by atomic mass is 19.4. The Labute approximate surface area is 167 Å². The number of aliphatic imine (C=N–C) groups is 1. The van der Waals surface area contributed by atoms with Crippen LogP contribution in [0.4, 0.5) is 13.2 Å². The van der Waals surface area contributed by atoms with Crippen molar-refractivity contribution in [2.24, 2.45) is 4.99 Å². The number of aliphatic hydroxyl groups is 1. The molecule has 0 aliphatic heterocycles. The number of nitrogens with one attached hydrogen (secondary N) is 2. The van der Waals surface area contributed by atoms with Gasteiger partial charge < -0.3 is 25.2 Å². The van der Waals surface area contributed by atoms with E-state index in [0.717, 1.165) is 0 Å². The lowest BCUT2D eigenvalue weighted by molar-refractivity contribution is -0.274. The largest absolute Gasteiger partial charge is 0.573 e. The number of methoxy groups -OCH3 is 1. The molecule has 0 radical (unpaired) electrons. The molecule has 0 saturated heterocycles. The number of alkyl halides is 3. The van der Waals surface area contributed by atoms with Gasteiger partial charge in [0.2, 0.25) is 0 Å². The van der Waals surface area contributed by atoms with Gasteiger partial charge in [0.25, 0.3) is 0 Å². The van der Waals surface area contributed by atoms with E-state index in [0.29, 0.717) is 23.8 Å². The summed E-state index contributed by atoms with van der Waals surface area (Å²) in [5, 5.41) is 16.3. The molecule has 9 heteroatoms. The van der Waals surface area contributed by atoms with Gasteiger partial charge in [-0.15, -0.1) is 13.2 Å². The number of halogens is 3. The summed E-state index contributed by atoms with van der Waals surface area (Å²) in [7, 11) is 1.54. The summed E-state index contributed by atoms with van der Waals surface area (Å²) in [4.78, 5) is 4.29. The number of benzene rings is 2. The minimum Gasteiger partial charge on any atom is -0.497 e. The first-order valence-electron chi connectivity index (χ1n) is 9.00. The number of guanidine groups is 1. The highest BCUT2D eigenvalue weighted by Crippen LogP contribution is 2.26. The second-order valence-corrected chi connectivity index (χ2v) is 6.02. The van der Waals surface area contributed by atoms with Gasteiger partial charge in [-0.1, -0.05) is 30.3 Å². The monoisotopic (exact) mass is 411 g/mol. The summed E-state index contributed by atoms with van der Waals surface area (Å²) in [5.74, 6) is 0.690. The molecule has 2 rings (SSSR count). The van der Waals surface area contributed by atoms with Gasteiger partial charge >= 0.3 is 6.36 Å². The molecule has 2 aromatic rings. The van der Waals surface area contributed by atoms with Crippen LogP contribution in [-0.4, -0.2) is 37.6 Å². The van der Waals surface area contributed by atoms with Gasteiger partial charge in [0.1, 0.15) is 11.5 Å². The fraction of sp³-hybridized carbons (Fsp3) is 0.350. The van der Waals surface area contributed by atoms with E-state index in [-0.39, 0.29) is 24.4 Å². The van der Waals surface area contributed by atoms with E-state index in [9.17, 15) is 18.3 Å². The lowest BCUT2D eigenvalue weighted by atomic mass is 10.1. The Balaban J connectivity index is 2.05. The first kappa shape index (κ1) is 22.4. The Kier molecular flexibility index (Phi) is 8.14. The summed E-state index contributed by atoms with van der Waals surface area (Å²) in [6.07, 6.45) is -5.60. The molecule has 158 valence electrons. The minimum atomic E-state index is -4.77. The molecule has 0 heterocycles. The van der Waals surface area contributed by atoms with Gasteiger partial charge in [0.05, 0.1) is 19.8 Å². The highest BCUT2D eigenvalue weighted by Gasteiger charge is 2.31. The minimum absolute atomic E-state index is 0.0309. The zero-order valence-corrected chi connectivity index (χ0v) is 16.2. The molecule has 1 unspecified atom stereocenters. The van der Waals surface area contributed by atoms with Gasteiger partial charge in [0.15, 0.2) is 5.96 Å². The Hall–Kier alpha value is -2.94.